The fourth-order valence-corrected chi connectivity index (χ4v) is 4.65. The van der Waals surface area contributed by atoms with Gasteiger partial charge in [0, 0.05) is 34.3 Å². The van der Waals surface area contributed by atoms with Crippen LogP contribution in [0.4, 0.5) is 16.4 Å². The molecular weight excluding hydrogens is 503 g/mol. The topological polar surface area (TPSA) is 110 Å². The molecule has 1 aromatic heterocycles. The Labute approximate surface area is 217 Å². The third-order valence-corrected chi connectivity index (χ3v) is 6.50. The van der Waals surface area contributed by atoms with E-state index in [-0.39, 0.29) is 18.4 Å². The molecular formula is C26H20Cl2N4O4. The van der Waals surface area contributed by atoms with Crippen molar-refractivity contribution in [1.29, 1.82) is 0 Å². The quantitative estimate of drug-likeness (QED) is 0.331. The number of anilines is 2. The fourth-order valence-electron chi connectivity index (χ4n) is 4.44. The number of rotatable bonds is 3. The van der Waals surface area contributed by atoms with Gasteiger partial charge in [-0.1, -0.05) is 41.8 Å². The Hall–Kier alpha value is -4.03. The Bertz CT molecular complexity index is 1590. The van der Waals surface area contributed by atoms with Crippen LogP contribution in [-0.2, 0) is 5.72 Å². The van der Waals surface area contributed by atoms with E-state index in [9.17, 15) is 19.8 Å². The summed E-state index contributed by atoms with van der Waals surface area (Å²) in [6.07, 6.45) is 4.49. The van der Waals surface area contributed by atoms with Crippen molar-refractivity contribution in [2.75, 3.05) is 16.8 Å². The molecule has 0 saturated heterocycles. The molecule has 36 heavy (non-hydrogen) atoms. The Morgan fingerprint density at radius 3 is 2.64 bits per heavy atom. The van der Waals surface area contributed by atoms with Gasteiger partial charge in [0.15, 0.2) is 5.72 Å². The monoisotopic (exact) mass is 522 g/mol. The Morgan fingerprint density at radius 1 is 1.22 bits per heavy atom. The van der Waals surface area contributed by atoms with Crippen molar-refractivity contribution in [3.05, 3.63) is 87.4 Å². The van der Waals surface area contributed by atoms with Crippen LogP contribution in [0.25, 0.3) is 11.0 Å². The number of carbonyl (C=O) groups is 2. The van der Waals surface area contributed by atoms with E-state index >= 15 is 0 Å². The summed E-state index contributed by atoms with van der Waals surface area (Å²) in [4.78, 5) is 34.5. The Balaban J connectivity index is 0.00000304. The minimum atomic E-state index is -1.90. The minimum absolute atomic E-state index is 0. The van der Waals surface area contributed by atoms with E-state index in [4.69, 9.17) is 18.0 Å². The van der Waals surface area contributed by atoms with Crippen molar-refractivity contribution < 1.29 is 19.8 Å². The Kier molecular flexibility index (Phi) is 6.18. The van der Waals surface area contributed by atoms with E-state index in [1.807, 2.05) is 0 Å². The summed E-state index contributed by atoms with van der Waals surface area (Å²) < 4.78 is 0. The number of nitrogens with zero attached hydrogens (tertiary/aromatic N) is 3. The zero-order chi connectivity index (χ0) is 25.1. The minimum Gasteiger partial charge on any atom is -0.465 e. The van der Waals surface area contributed by atoms with Crippen LogP contribution in [0.3, 0.4) is 0 Å². The van der Waals surface area contributed by atoms with Crippen LogP contribution in [-0.4, -0.2) is 39.2 Å². The van der Waals surface area contributed by atoms with Crippen LogP contribution < -0.4 is 9.80 Å². The SMILES string of the molecule is C#Cc1cc(Cl)cc(N2C(=O)c3ccccc3C2(O)c2ccc3[nH]c(N(C)C(=O)O)nc3c2)c1C.Cl. The molecule has 182 valence electrons. The number of imidazole rings is 1. The third kappa shape index (κ3) is 3.57. The van der Waals surface area contributed by atoms with Gasteiger partial charge in [0.2, 0.25) is 5.95 Å². The van der Waals surface area contributed by atoms with Gasteiger partial charge in [0.1, 0.15) is 0 Å². The lowest BCUT2D eigenvalue weighted by molar-refractivity contribution is 0.0703. The van der Waals surface area contributed by atoms with E-state index < -0.39 is 17.7 Å². The number of aliphatic hydroxyl groups is 1. The van der Waals surface area contributed by atoms with Crippen LogP contribution in [0.2, 0.25) is 5.02 Å². The number of carbonyl (C=O) groups excluding carboxylic acids is 1. The molecule has 10 heteroatoms. The highest BCUT2D eigenvalue weighted by molar-refractivity contribution is 6.31. The molecule has 0 radical (unpaired) electrons. The molecule has 3 N–H and O–H groups in total. The molecule has 3 aromatic carbocycles. The van der Waals surface area contributed by atoms with Crippen LogP contribution in [0.5, 0.6) is 0 Å². The average molecular weight is 523 g/mol. The highest BCUT2D eigenvalue weighted by atomic mass is 35.5. The first kappa shape index (κ1) is 25.1. The smallest absolute Gasteiger partial charge is 0.413 e. The van der Waals surface area contributed by atoms with E-state index in [0.29, 0.717) is 49.6 Å². The van der Waals surface area contributed by atoms with Crippen molar-refractivity contribution in [3.8, 4) is 12.3 Å². The lowest BCUT2D eigenvalue weighted by atomic mass is 9.92. The normalized spacial score (nSPS) is 16.4. The Morgan fingerprint density at radius 2 is 1.94 bits per heavy atom. The fraction of sp³-hybridized carbons (Fsp3) is 0.115. The number of benzene rings is 3. The van der Waals surface area contributed by atoms with Crippen LogP contribution in [0, 0.1) is 19.3 Å². The maximum Gasteiger partial charge on any atom is 0.413 e. The molecule has 0 spiro atoms. The number of amides is 2. The molecule has 4 aromatic rings. The van der Waals surface area contributed by atoms with E-state index in [2.05, 4.69) is 15.9 Å². The van der Waals surface area contributed by atoms with E-state index in [1.54, 1.807) is 61.5 Å². The molecule has 1 aliphatic rings. The second-order valence-corrected chi connectivity index (χ2v) is 8.67. The molecule has 0 saturated carbocycles. The second-order valence-electron chi connectivity index (χ2n) is 8.23. The summed E-state index contributed by atoms with van der Waals surface area (Å²) in [6.45, 7) is 1.77. The number of nitrogens with one attached hydrogen (secondary N) is 1. The van der Waals surface area contributed by atoms with Crippen LogP contribution in [0.1, 0.15) is 32.6 Å². The van der Waals surface area contributed by atoms with Crippen molar-refractivity contribution >= 4 is 58.7 Å². The van der Waals surface area contributed by atoms with Crippen molar-refractivity contribution in [2.45, 2.75) is 12.6 Å². The first-order valence-electron chi connectivity index (χ1n) is 10.6. The predicted molar refractivity (Wildman–Crippen MR) is 140 cm³/mol. The van der Waals surface area contributed by atoms with Gasteiger partial charge in [0.05, 0.1) is 16.7 Å². The number of aromatic amines is 1. The molecule has 8 nitrogen and oxygen atoms in total. The number of halogens is 2. The molecule has 0 fully saturated rings. The molecule has 0 bridgehead atoms. The average Bonchev–Trinajstić information content (AvgIpc) is 3.37. The first-order chi connectivity index (χ1) is 16.7. The molecule has 1 aliphatic heterocycles. The van der Waals surface area contributed by atoms with Crippen LogP contribution in [0.15, 0.2) is 54.6 Å². The molecule has 0 aliphatic carbocycles. The molecule has 1 unspecified atom stereocenters. The number of aromatic nitrogens is 2. The molecule has 2 heterocycles. The molecule has 5 rings (SSSR count). The number of fused-ring (bicyclic) bond motifs is 2. The van der Waals surface area contributed by atoms with E-state index in [0.717, 1.165) is 4.90 Å². The van der Waals surface area contributed by atoms with Crippen molar-refractivity contribution in [1.82, 2.24) is 9.97 Å². The van der Waals surface area contributed by atoms with Gasteiger partial charge in [-0.2, -0.15) is 0 Å². The number of terminal acetylenes is 1. The largest absolute Gasteiger partial charge is 0.465 e. The van der Waals surface area contributed by atoms with Gasteiger partial charge < -0.3 is 15.2 Å². The van der Waals surface area contributed by atoms with Gasteiger partial charge in [-0.3, -0.25) is 14.6 Å². The van der Waals surface area contributed by atoms with Crippen molar-refractivity contribution in [3.63, 3.8) is 0 Å². The number of H-pyrrole nitrogens is 1. The van der Waals surface area contributed by atoms with Gasteiger partial charge in [-0.05, 0) is 42.8 Å². The lowest BCUT2D eigenvalue weighted by Gasteiger charge is -2.36. The second kappa shape index (κ2) is 8.88. The van der Waals surface area contributed by atoms with E-state index in [1.165, 1.54) is 11.9 Å². The zero-order valence-electron chi connectivity index (χ0n) is 19.1. The first-order valence-corrected chi connectivity index (χ1v) is 10.9. The summed E-state index contributed by atoms with van der Waals surface area (Å²) in [5.74, 6) is 2.29. The summed E-state index contributed by atoms with van der Waals surface area (Å²) >= 11 is 6.33. The van der Waals surface area contributed by atoms with Gasteiger partial charge in [-0.15, -0.1) is 18.8 Å². The third-order valence-electron chi connectivity index (χ3n) is 6.28. The number of hydrogen-bond donors (Lipinski definition) is 3. The summed E-state index contributed by atoms with van der Waals surface area (Å²) in [6, 6.07) is 15.0. The number of carboxylic acid groups (broad SMARTS) is 1. The maximum absolute atomic E-state index is 13.7. The summed E-state index contributed by atoms with van der Waals surface area (Å²) in [7, 11) is 1.37. The van der Waals surface area contributed by atoms with Gasteiger partial charge in [-0.25, -0.2) is 9.78 Å². The molecule has 2 amide bonds. The van der Waals surface area contributed by atoms with Gasteiger partial charge >= 0.3 is 6.09 Å². The van der Waals surface area contributed by atoms with Gasteiger partial charge in [0.25, 0.3) is 5.91 Å². The summed E-state index contributed by atoms with van der Waals surface area (Å²) in [5, 5.41) is 21.9. The maximum atomic E-state index is 13.7. The standard InChI is InChI=1S/C26H19ClN4O4.ClH/c1-4-15-11-17(27)13-22(14(15)2)31-23(32)18-7-5-6-8-19(18)26(31,35)16-9-10-20-21(12-16)29-24(28-20)30(3)25(33)34;/h1,5-13,35H,2-3H3,(H,28,29)(H,33,34);1H. The zero-order valence-corrected chi connectivity index (χ0v) is 20.7. The highest BCUT2D eigenvalue weighted by Crippen LogP contribution is 2.47. The highest BCUT2D eigenvalue weighted by Gasteiger charge is 2.51. The van der Waals surface area contributed by atoms with Crippen molar-refractivity contribution in [2.24, 2.45) is 0 Å². The lowest BCUT2D eigenvalue weighted by Crippen LogP contribution is -2.45. The molecule has 1 atom stereocenters. The van der Waals surface area contributed by atoms with Crippen LogP contribution >= 0.6 is 24.0 Å². The predicted octanol–water partition coefficient (Wildman–Crippen LogP) is 4.90. The number of hydrogen-bond acceptors (Lipinski definition) is 4. The summed E-state index contributed by atoms with van der Waals surface area (Å²) in [5.41, 5.74) is 1.67.